The molecule has 2 aromatic rings. The summed E-state index contributed by atoms with van der Waals surface area (Å²) < 4.78 is 5.05. The minimum Gasteiger partial charge on any atom is -0.389 e. The van der Waals surface area contributed by atoms with Crippen molar-refractivity contribution < 1.29 is 9.32 Å². The molecule has 0 aliphatic carbocycles. The molecule has 1 heterocycles. The Kier molecular flexibility index (Phi) is 4.14. The van der Waals surface area contributed by atoms with E-state index in [0.717, 1.165) is 16.8 Å². The lowest BCUT2D eigenvalue weighted by molar-refractivity contribution is 0.0951. The summed E-state index contributed by atoms with van der Waals surface area (Å²) in [5, 5.41) is 6.67. The van der Waals surface area contributed by atoms with E-state index in [0.29, 0.717) is 22.9 Å². The van der Waals surface area contributed by atoms with E-state index < -0.39 is 0 Å². The van der Waals surface area contributed by atoms with Gasteiger partial charge in [0.2, 0.25) is 0 Å². The molecule has 1 amide bonds. The van der Waals surface area contributed by atoms with Crippen LogP contribution in [-0.2, 0) is 6.54 Å². The maximum Gasteiger partial charge on any atom is 0.251 e. The van der Waals surface area contributed by atoms with Crippen molar-refractivity contribution in [3.8, 4) is 0 Å². The average molecular weight is 289 g/mol. The number of benzene rings is 1. The number of hydrogen-bond acceptors (Lipinski definition) is 4. The van der Waals surface area contributed by atoms with Crippen LogP contribution >= 0.6 is 12.2 Å². The number of nitrogens with one attached hydrogen (secondary N) is 1. The topological polar surface area (TPSA) is 81.2 Å². The van der Waals surface area contributed by atoms with Gasteiger partial charge in [0.05, 0.1) is 5.69 Å². The van der Waals surface area contributed by atoms with Crippen molar-refractivity contribution >= 4 is 23.1 Å². The zero-order valence-corrected chi connectivity index (χ0v) is 12.1. The van der Waals surface area contributed by atoms with Crippen molar-refractivity contribution in [2.24, 2.45) is 5.73 Å². The molecule has 2 rings (SSSR count). The summed E-state index contributed by atoms with van der Waals surface area (Å²) in [5.41, 5.74) is 8.49. The van der Waals surface area contributed by atoms with E-state index in [1.54, 1.807) is 24.3 Å². The summed E-state index contributed by atoms with van der Waals surface area (Å²) in [5.74, 6) is 0.547. The molecule has 1 aromatic heterocycles. The third-order valence-electron chi connectivity index (χ3n) is 3.04. The van der Waals surface area contributed by atoms with Gasteiger partial charge in [0.15, 0.2) is 0 Å². The third-order valence-corrected chi connectivity index (χ3v) is 3.27. The molecule has 1 aromatic carbocycles. The van der Waals surface area contributed by atoms with Gasteiger partial charge in [-0.3, -0.25) is 4.79 Å². The van der Waals surface area contributed by atoms with E-state index >= 15 is 0 Å². The molecule has 104 valence electrons. The number of aromatic nitrogens is 1. The number of amides is 1. The molecule has 0 saturated carbocycles. The number of carbonyl (C=O) groups excluding carboxylic acids is 1. The Bertz CT molecular complexity index is 627. The normalized spacial score (nSPS) is 10.3. The first-order chi connectivity index (χ1) is 9.49. The van der Waals surface area contributed by atoms with Crippen molar-refractivity contribution in [1.29, 1.82) is 0 Å². The fraction of sp³-hybridized carbons (Fsp3) is 0.214. The molecule has 6 heteroatoms. The Hall–Kier alpha value is -2.21. The van der Waals surface area contributed by atoms with Gasteiger partial charge in [-0.05, 0) is 26.0 Å². The van der Waals surface area contributed by atoms with Crippen LogP contribution in [0.3, 0.4) is 0 Å². The molecule has 0 aliphatic heterocycles. The summed E-state index contributed by atoms with van der Waals surface area (Å²) in [6.45, 7) is 4.05. The quantitative estimate of drug-likeness (QED) is 0.840. The van der Waals surface area contributed by atoms with Gasteiger partial charge >= 0.3 is 0 Å². The third kappa shape index (κ3) is 3.03. The Morgan fingerprint density at radius 1 is 1.30 bits per heavy atom. The fourth-order valence-corrected chi connectivity index (χ4v) is 1.95. The summed E-state index contributed by atoms with van der Waals surface area (Å²) in [6.07, 6.45) is 0. The van der Waals surface area contributed by atoms with E-state index in [1.807, 2.05) is 13.8 Å². The van der Waals surface area contributed by atoms with Crippen molar-refractivity contribution in [3.63, 3.8) is 0 Å². The number of nitrogens with zero attached hydrogens (tertiary/aromatic N) is 1. The first-order valence-corrected chi connectivity index (χ1v) is 6.49. The molecule has 0 atom stereocenters. The fourth-order valence-electron chi connectivity index (χ4n) is 1.81. The molecular weight excluding hydrogens is 274 g/mol. The van der Waals surface area contributed by atoms with Crippen LogP contribution in [0.25, 0.3) is 0 Å². The van der Waals surface area contributed by atoms with Crippen LogP contribution in [0.15, 0.2) is 28.8 Å². The predicted molar refractivity (Wildman–Crippen MR) is 79.5 cm³/mol. The molecule has 0 unspecified atom stereocenters. The summed E-state index contributed by atoms with van der Waals surface area (Å²) in [6, 6.07) is 6.84. The van der Waals surface area contributed by atoms with Crippen LogP contribution in [0.5, 0.6) is 0 Å². The van der Waals surface area contributed by atoms with Gasteiger partial charge in [0.25, 0.3) is 5.91 Å². The minimum atomic E-state index is -0.167. The van der Waals surface area contributed by atoms with Gasteiger partial charge in [-0.1, -0.05) is 29.5 Å². The molecule has 0 saturated heterocycles. The molecule has 20 heavy (non-hydrogen) atoms. The highest BCUT2D eigenvalue weighted by Gasteiger charge is 2.11. The standard InChI is InChI=1S/C14H15N3O2S/c1-8-12(9(2)19-17-8)7-16-14(18)11-5-3-10(4-6-11)13(15)20/h3-6H,7H2,1-2H3,(H2,15,20)(H,16,18). The molecule has 0 bridgehead atoms. The van der Waals surface area contributed by atoms with E-state index in [1.165, 1.54) is 0 Å². The zero-order valence-electron chi connectivity index (χ0n) is 11.3. The number of carbonyl (C=O) groups is 1. The van der Waals surface area contributed by atoms with Crippen LogP contribution < -0.4 is 11.1 Å². The Morgan fingerprint density at radius 3 is 2.40 bits per heavy atom. The highest BCUT2D eigenvalue weighted by atomic mass is 32.1. The van der Waals surface area contributed by atoms with Crippen molar-refractivity contribution in [2.45, 2.75) is 20.4 Å². The number of hydrogen-bond donors (Lipinski definition) is 2. The van der Waals surface area contributed by atoms with Crippen molar-refractivity contribution in [2.75, 3.05) is 0 Å². The number of thiocarbonyl (C=S) groups is 1. The maximum absolute atomic E-state index is 12.0. The zero-order chi connectivity index (χ0) is 14.7. The highest BCUT2D eigenvalue weighted by Crippen LogP contribution is 2.12. The van der Waals surface area contributed by atoms with Crippen LogP contribution in [0.4, 0.5) is 0 Å². The smallest absolute Gasteiger partial charge is 0.251 e. The summed E-state index contributed by atoms with van der Waals surface area (Å²) in [4.78, 5) is 12.3. The van der Waals surface area contributed by atoms with Crippen molar-refractivity contribution in [3.05, 3.63) is 52.4 Å². The predicted octanol–water partition coefficient (Wildman–Crippen LogP) is 1.86. The maximum atomic E-state index is 12.0. The van der Waals surface area contributed by atoms with Crippen LogP contribution in [0.1, 0.15) is 32.9 Å². The molecule has 0 spiro atoms. The van der Waals surface area contributed by atoms with Gasteiger partial charge in [0.1, 0.15) is 10.7 Å². The molecular formula is C14H15N3O2S. The number of rotatable bonds is 4. The Morgan fingerprint density at radius 2 is 1.90 bits per heavy atom. The van der Waals surface area contributed by atoms with Gasteiger partial charge < -0.3 is 15.6 Å². The Balaban J connectivity index is 2.03. The lowest BCUT2D eigenvalue weighted by Gasteiger charge is -2.05. The summed E-state index contributed by atoms with van der Waals surface area (Å²) in [7, 11) is 0. The molecule has 0 fully saturated rings. The van der Waals surface area contributed by atoms with Crippen LogP contribution in [0, 0.1) is 13.8 Å². The highest BCUT2D eigenvalue weighted by molar-refractivity contribution is 7.80. The molecule has 3 N–H and O–H groups in total. The van der Waals surface area contributed by atoms with Gasteiger partial charge in [-0.15, -0.1) is 0 Å². The van der Waals surface area contributed by atoms with E-state index in [9.17, 15) is 4.79 Å². The second-order valence-electron chi connectivity index (χ2n) is 4.43. The molecule has 5 nitrogen and oxygen atoms in total. The number of nitrogens with two attached hydrogens (primary N) is 1. The first-order valence-electron chi connectivity index (χ1n) is 6.09. The van der Waals surface area contributed by atoms with Crippen molar-refractivity contribution in [1.82, 2.24) is 10.5 Å². The second-order valence-corrected chi connectivity index (χ2v) is 4.87. The lowest BCUT2D eigenvalue weighted by Crippen LogP contribution is -2.23. The molecule has 0 aliphatic rings. The van der Waals surface area contributed by atoms with Gasteiger partial charge in [-0.25, -0.2) is 0 Å². The van der Waals surface area contributed by atoms with E-state index in [4.69, 9.17) is 22.5 Å². The Labute approximate surface area is 122 Å². The largest absolute Gasteiger partial charge is 0.389 e. The number of aryl methyl sites for hydroxylation is 2. The SMILES string of the molecule is Cc1noc(C)c1CNC(=O)c1ccc(C(N)=S)cc1. The summed E-state index contributed by atoms with van der Waals surface area (Å²) >= 11 is 4.86. The first kappa shape index (κ1) is 14.2. The van der Waals surface area contributed by atoms with Crippen LogP contribution in [0.2, 0.25) is 0 Å². The van der Waals surface area contributed by atoms with E-state index in [2.05, 4.69) is 10.5 Å². The van der Waals surface area contributed by atoms with E-state index in [-0.39, 0.29) is 5.91 Å². The van der Waals surface area contributed by atoms with Gasteiger partial charge in [0, 0.05) is 23.2 Å². The van der Waals surface area contributed by atoms with Crippen LogP contribution in [-0.4, -0.2) is 16.1 Å². The lowest BCUT2D eigenvalue weighted by atomic mass is 10.1. The molecule has 0 radical (unpaired) electrons. The second kappa shape index (κ2) is 5.83. The minimum absolute atomic E-state index is 0.167. The monoisotopic (exact) mass is 289 g/mol. The van der Waals surface area contributed by atoms with Gasteiger partial charge in [-0.2, -0.15) is 0 Å². The average Bonchev–Trinajstić information content (AvgIpc) is 2.75.